The fraction of sp³-hybridized carbons (Fsp3) is 0.963. The van der Waals surface area contributed by atoms with Crippen molar-refractivity contribution in [2.45, 2.75) is 138 Å². The van der Waals surface area contributed by atoms with Gasteiger partial charge in [0.2, 0.25) is 5.91 Å². The van der Waals surface area contributed by atoms with Gasteiger partial charge in [-0.2, -0.15) is 0 Å². The molecular formula is C27H54N2O. The topological polar surface area (TPSA) is 23.6 Å². The van der Waals surface area contributed by atoms with Crippen LogP contribution in [0.2, 0.25) is 0 Å². The number of piperidine rings is 1. The molecule has 3 nitrogen and oxygen atoms in total. The number of nitrogens with zero attached hydrogens (tertiary/aromatic N) is 2. The number of unbranched alkanes of at least 4 members (excludes halogenated alkanes) is 9. The summed E-state index contributed by atoms with van der Waals surface area (Å²) in [5.74, 6) is 0.907. The van der Waals surface area contributed by atoms with Gasteiger partial charge in [0.15, 0.2) is 0 Å². The van der Waals surface area contributed by atoms with Gasteiger partial charge in [0.1, 0.15) is 0 Å². The molecule has 3 heteroatoms. The lowest BCUT2D eigenvalue weighted by molar-refractivity contribution is -0.149. The third kappa shape index (κ3) is 9.28. The Kier molecular flexibility index (Phi) is 13.3. The molecule has 1 aliphatic heterocycles. The maximum Gasteiger partial charge on any atom is 0.228 e. The lowest BCUT2D eigenvalue weighted by Crippen LogP contribution is -2.52. The van der Waals surface area contributed by atoms with Crippen molar-refractivity contribution in [2.75, 3.05) is 19.6 Å². The van der Waals surface area contributed by atoms with Crippen LogP contribution in [0, 0.1) is 11.3 Å². The highest BCUT2D eigenvalue weighted by atomic mass is 16.2. The van der Waals surface area contributed by atoms with Crippen LogP contribution in [0.25, 0.3) is 0 Å². The Morgan fingerprint density at radius 3 is 1.90 bits per heavy atom. The monoisotopic (exact) mass is 422 g/mol. The molecule has 30 heavy (non-hydrogen) atoms. The first kappa shape index (κ1) is 27.5. The van der Waals surface area contributed by atoms with Gasteiger partial charge in [-0.25, -0.2) is 0 Å². The van der Waals surface area contributed by atoms with Gasteiger partial charge in [-0.05, 0) is 59.4 Å². The van der Waals surface area contributed by atoms with Crippen molar-refractivity contribution >= 4 is 5.91 Å². The molecule has 1 atom stereocenters. The average Bonchev–Trinajstić information content (AvgIpc) is 2.67. The smallest absolute Gasteiger partial charge is 0.228 e. The van der Waals surface area contributed by atoms with Gasteiger partial charge in [0.05, 0.1) is 0 Å². The van der Waals surface area contributed by atoms with Gasteiger partial charge in [0, 0.05) is 30.6 Å². The Labute approximate surface area is 189 Å². The van der Waals surface area contributed by atoms with Gasteiger partial charge >= 0.3 is 0 Å². The highest BCUT2D eigenvalue weighted by molar-refractivity contribution is 5.83. The summed E-state index contributed by atoms with van der Waals surface area (Å²) in [6.45, 7) is 18.8. The van der Waals surface area contributed by atoms with Crippen molar-refractivity contribution < 1.29 is 4.79 Å². The van der Waals surface area contributed by atoms with E-state index in [1.54, 1.807) is 0 Å². The normalized spacial score (nSPS) is 19.5. The fourth-order valence-electron chi connectivity index (χ4n) is 5.28. The largest absolute Gasteiger partial charge is 0.342 e. The SMILES string of the molecule is CCCCCCCCCCCCN1CCC(CCN(C(C)C)C(C)C)C(C)(C)C1=O. The van der Waals surface area contributed by atoms with E-state index in [0.29, 0.717) is 23.9 Å². The zero-order valence-electron chi connectivity index (χ0n) is 21.6. The average molecular weight is 423 g/mol. The molecule has 0 bridgehead atoms. The molecule has 1 heterocycles. The van der Waals surface area contributed by atoms with E-state index in [2.05, 4.69) is 58.3 Å². The number of likely N-dealkylation sites (tertiary alicyclic amines) is 1. The number of rotatable bonds is 16. The van der Waals surface area contributed by atoms with E-state index in [1.165, 1.54) is 70.6 Å². The summed E-state index contributed by atoms with van der Waals surface area (Å²) in [5.41, 5.74) is -0.212. The van der Waals surface area contributed by atoms with E-state index in [9.17, 15) is 4.79 Å². The molecule has 1 aliphatic rings. The van der Waals surface area contributed by atoms with Gasteiger partial charge in [-0.15, -0.1) is 0 Å². The maximum atomic E-state index is 13.2. The second-order valence-corrected chi connectivity index (χ2v) is 10.9. The molecule has 0 saturated carbocycles. The first-order chi connectivity index (χ1) is 14.2. The summed E-state index contributed by atoms with van der Waals surface area (Å²) in [6.07, 6.45) is 15.8. The molecule has 0 radical (unpaired) electrons. The minimum atomic E-state index is -0.212. The molecule has 1 amide bonds. The van der Waals surface area contributed by atoms with E-state index in [4.69, 9.17) is 0 Å². The second-order valence-electron chi connectivity index (χ2n) is 10.9. The van der Waals surface area contributed by atoms with Crippen LogP contribution in [0.15, 0.2) is 0 Å². The van der Waals surface area contributed by atoms with Crippen molar-refractivity contribution in [3.8, 4) is 0 Å². The minimum absolute atomic E-state index is 0.212. The molecular weight excluding hydrogens is 368 g/mol. The fourth-order valence-corrected chi connectivity index (χ4v) is 5.28. The Hall–Kier alpha value is -0.570. The quantitative estimate of drug-likeness (QED) is 0.244. The third-order valence-corrected chi connectivity index (χ3v) is 7.45. The van der Waals surface area contributed by atoms with Crippen LogP contribution < -0.4 is 0 Å². The summed E-state index contributed by atoms with van der Waals surface area (Å²) in [6, 6.07) is 1.14. The van der Waals surface area contributed by atoms with Gasteiger partial charge in [0.25, 0.3) is 0 Å². The summed E-state index contributed by atoms with van der Waals surface area (Å²) < 4.78 is 0. The first-order valence-corrected chi connectivity index (χ1v) is 13.3. The summed E-state index contributed by atoms with van der Waals surface area (Å²) in [5, 5.41) is 0. The van der Waals surface area contributed by atoms with E-state index in [-0.39, 0.29) is 5.41 Å². The van der Waals surface area contributed by atoms with Crippen molar-refractivity contribution in [2.24, 2.45) is 11.3 Å². The highest BCUT2D eigenvalue weighted by Gasteiger charge is 2.42. The standard InChI is InChI=1S/C27H54N2O/c1-8-9-10-11-12-13-14-15-16-17-20-28-21-18-25(27(6,7)26(28)30)19-22-29(23(2)3)24(4)5/h23-25H,8-22H2,1-7H3. The molecule has 0 aromatic carbocycles. The zero-order chi connectivity index (χ0) is 22.6. The lowest BCUT2D eigenvalue weighted by atomic mass is 9.71. The highest BCUT2D eigenvalue weighted by Crippen LogP contribution is 2.38. The van der Waals surface area contributed by atoms with E-state index in [1.807, 2.05) is 0 Å². The number of hydrogen-bond acceptors (Lipinski definition) is 2. The Morgan fingerprint density at radius 2 is 1.40 bits per heavy atom. The Balaban J connectivity index is 2.28. The van der Waals surface area contributed by atoms with Gasteiger partial charge < -0.3 is 4.90 Å². The molecule has 0 spiro atoms. The zero-order valence-corrected chi connectivity index (χ0v) is 21.6. The van der Waals surface area contributed by atoms with Crippen molar-refractivity contribution in [1.29, 1.82) is 0 Å². The number of amides is 1. The van der Waals surface area contributed by atoms with Crippen LogP contribution in [-0.2, 0) is 4.79 Å². The van der Waals surface area contributed by atoms with Crippen LogP contribution in [0.1, 0.15) is 126 Å². The summed E-state index contributed by atoms with van der Waals surface area (Å²) in [4.78, 5) is 17.9. The number of carbonyl (C=O) groups is 1. The van der Waals surface area contributed by atoms with Crippen LogP contribution in [0.3, 0.4) is 0 Å². The van der Waals surface area contributed by atoms with Crippen molar-refractivity contribution in [1.82, 2.24) is 9.80 Å². The lowest BCUT2D eigenvalue weighted by Gasteiger charge is -2.44. The molecule has 1 saturated heterocycles. The minimum Gasteiger partial charge on any atom is -0.342 e. The van der Waals surface area contributed by atoms with E-state index in [0.717, 1.165) is 26.1 Å². The maximum absolute atomic E-state index is 13.2. The van der Waals surface area contributed by atoms with Crippen LogP contribution >= 0.6 is 0 Å². The van der Waals surface area contributed by atoms with Crippen LogP contribution in [-0.4, -0.2) is 47.4 Å². The molecule has 0 aromatic heterocycles. The van der Waals surface area contributed by atoms with Gasteiger partial charge in [-0.1, -0.05) is 78.6 Å². The predicted octanol–water partition coefficient (Wildman–Crippen LogP) is 7.29. The molecule has 1 fully saturated rings. The molecule has 178 valence electrons. The number of carbonyl (C=O) groups excluding carboxylic acids is 1. The molecule has 1 rings (SSSR count). The second kappa shape index (κ2) is 14.5. The number of hydrogen-bond donors (Lipinski definition) is 0. The molecule has 0 aromatic rings. The predicted molar refractivity (Wildman–Crippen MR) is 132 cm³/mol. The Bertz CT molecular complexity index is 450. The van der Waals surface area contributed by atoms with E-state index >= 15 is 0 Å². The van der Waals surface area contributed by atoms with Crippen molar-refractivity contribution in [3.05, 3.63) is 0 Å². The summed E-state index contributed by atoms with van der Waals surface area (Å²) >= 11 is 0. The summed E-state index contributed by atoms with van der Waals surface area (Å²) in [7, 11) is 0. The van der Waals surface area contributed by atoms with E-state index < -0.39 is 0 Å². The van der Waals surface area contributed by atoms with Crippen LogP contribution in [0.4, 0.5) is 0 Å². The first-order valence-electron chi connectivity index (χ1n) is 13.3. The van der Waals surface area contributed by atoms with Crippen molar-refractivity contribution in [3.63, 3.8) is 0 Å². The molecule has 0 N–H and O–H groups in total. The molecule has 0 aliphatic carbocycles. The van der Waals surface area contributed by atoms with Gasteiger partial charge in [-0.3, -0.25) is 9.69 Å². The third-order valence-electron chi connectivity index (χ3n) is 7.45. The Morgan fingerprint density at radius 1 is 0.900 bits per heavy atom. The van der Waals surface area contributed by atoms with Crippen LogP contribution in [0.5, 0.6) is 0 Å². The molecule has 1 unspecified atom stereocenters.